The lowest BCUT2D eigenvalue weighted by atomic mass is 9.84. The molecule has 4 aromatic heterocycles. The first-order valence-corrected chi connectivity index (χ1v) is 21.7. The summed E-state index contributed by atoms with van der Waals surface area (Å²) in [6.07, 6.45) is 8.03. The van der Waals surface area contributed by atoms with Crippen molar-refractivity contribution in [1.29, 1.82) is 0 Å². The molecule has 0 spiro atoms. The molecule has 18 heteroatoms. The number of carbonyl (C=O) groups excluding carboxylic acids is 6. The third-order valence-corrected chi connectivity index (χ3v) is 12.2. The van der Waals surface area contributed by atoms with Crippen LogP contribution in [0.4, 0.5) is 22.7 Å². The number of hydrogen-bond donors (Lipinski definition) is 4. The fourth-order valence-electron chi connectivity index (χ4n) is 8.74. The number of aryl methyl sites for hydroxylation is 6. The lowest BCUT2D eigenvalue weighted by molar-refractivity contribution is 0.0295. The summed E-state index contributed by atoms with van der Waals surface area (Å²) < 4.78 is 17.3. The van der Waals surface area contributed by atoms with Crippen LogP contribution in [0, 0.1) is 0 Å². The first-order chi connectivity index (χ1) is 31.8. The van der Waals surface area contributed by atoms with Gasteiger partial charge in [-0.05, 0) is 83.6 Å². The Hall–Kier alpha value is -7.70. The van der Waals surface area contributed by atoms with E-state index in [0.29, 0.717) is 122 Å². The molecule has 66 heavy (non-hydrogen) atoms. The maximum atomic E-state index is 13.5. The van der Waals surface area contributed by atoms with Crippen LogP contribution in [0.1, 0.15) is 73.8 Å². The van der Waals surface area contributed by atoms with E-state index in [9.17, 15) is 28.8 Å². The third kappa shape index (κ3) is 8.87. The Balaban J connectivity index is 0.807. The van der Waals surface area contributed by atoms with Gasteiger partial charge in [0.05, 0.1) is 49.2 Å². The molecule has 2 fully saturated rings. The number of aromatic nitrogens is 4. The van der Waals surface area contributed by atoms with E-state index in [1.807, 2.05) is 24.3 Å². The molecule has 0 saturated carbocycles. The SMILES string of the molecule is Cn1cc(NC(=O)c2ccc3c(c2)CCc2cc(C(=O)Nc4cc(C(=O)Nc5cc(C(=O)N6CCOCC6)n(C)c5)n(C)c4)ccc2-3)cc1C(=O)Nc1cc(C(=O)N2CCOCC2)n(C)c1. The van der Waals surface area contributed by atoms with Crippen molar-refractivity contribution in [2.45, 2.75) is 12.8 Å². The lowest BCUT2D eigenvalue weighted by Crippen LogP contribution is -2.41. The van der Waals surface area contributed by atoms with Crippen LogP contribution >= 0.6 is 0 Å². The van der Waals surface area contributed by atoms with E-state index in [2.05, 4.69) is 21.3 Å². The van der Waals surface area contributed by atoms with Crippen molar-refractivity contribution < 1.29 is 38.2 Å². The Morgan fingerprint density at radius 2 is 0.742 bits per heavy atom. The van der Waals surface area contributed by atoms with Crippen LogP contribution < -0.4 is 21.3 Å². The molecule has 2 saturated heterocycles. The number of nitrogens with zero attached hydrogens (tertiary/aromatic N) is 6. The average Bonchev–Trinajstić information content (AvgIpc) is 4.09. The number of nitrogens with one attached hydrogen (secondary N) is 4. The second kappa shape index (κ2) is 18.1. The highest BCUT2D eigenvalue weighted by molar-refractivity contribution is 6.09. The highest BCUT2D eigenvalue weighted by atomic mass is 16.5. The van der Waals surface area contributed by atoms with E-state index in [-0.39, 0.29) is 23.6 Å². The Bertz CT molecular complexity index is 2730. The van der Waals surface area contributed by atoms with Gasteiger partial charge in [-0.2, -0.15) is 0 Å². The number of benzene rings is 2. The van der Waals surface area contributed by atoms with Crippen molar-refractivity contribution in [3.05, 3.63) is 130 Å². The summed E-state index contributed by atoms with van der Waals surface area (Å²) >= 11 is 0. The summed E-state index contributed by atoms with van der Waals surface area (Å²) in [7, 11) is 6.95. The van der Waals surface area contributed by atoms with Gasteiger partial charge >= 0.3 is 0 Å². The molecule has 340 valence electrons. The minimum Gasteiger partial charge on any atom is -0.378 e. The lowest BCUT2D eigenvalue weighted by Gasteiger charge is -2.26. The van der Waals surface area contributed by atoms with Crippen molar-refractivity contribution in [3.63, 3.8) is 0 Å². The summed E-state index contributed by atoms with van der Waals surface area (Å²) in [4.78, 5) is 83.2. The van der Waals surface area contributed by atoms with E-state index in [4.69, 9.17) is 9.47 Å². The molecule has 0 bridgehead atoms. The fraction of sp³-hybridized carbons (Fsp3) is 0.292. The van der Waals surface area contributed by atoms with Gasteiger partial charge in [-0.25, -0.2) is 0 Å². The normalized spacial score (nSPS) is 14.5. The van der Waals surface area contributed by atoms with E-state index in [0.717, 1.165) is 22.3 Å². The predicted octanol–water partition coefficient (Wildman–Crippen LogP) is 4.76. The summed E-state index contributed by atoms with van der Waals surface area (Å²) in [5.74, 6) is -1.69. The summed E-state index contributed by atoms with van der Waals surface area (Å²) in [5.41, 5.74) is 8.29. The quantitative estimate of drug-likeness (QED) is 0.151. The van der Waals surface area contributed by atoms with Crippen LogP contribution in [0.5, 0.6) is 0 Å². The Labute approximate surface area is 380 Å². The van der Waals surface area contributed by atoms with Gasteiger partial charge < -0.3 is 58.8 Å². The first kappa shape index (κ1) is 43.5. The average molecular weight is 895 g/mol. The van der Waals surface area contributed by atoms with Crippen LogP contribution in [-0.2, 0) is 50.5 Å². The standard InChI is InChI=1S/C48H50N10O8/c1-53-25-33(21-39(53)45(61)51-35-23-41(55(3)27-35)47(63)57-11-15-65-16-12-57)49-43(59)31-7-9-37-29(19-31)5-6-30-20-32(8-10-38(30)37)44(60)50-34-22-40(54(2)26-34)46(62)52-36-24-42(56(4)28-36)48(64)58-13-17-66-18-14-58/h7-10,19-28H,5-6,11-18H2,1-4H3,(H,49,59)(H,50,60)(H,51,61)(H,52,62). The minimum atomic E-state index is -0.394. The van der Waals surface area contributed by atoms with Gasteiger partial charge in [-0.1, -0.05) is 12.1 Å². The molecule has 6 amide bonds. The Morgan fingerprint density at radius 1 is 0.424 bits per heavy atom. The highest BCUT2D eigenvalue weighted by Gasteiger charge is 2.26. The molecule has 0 unspecified atom stereocenters. The molecule has 0 radical (unpaired) electrons. The van der Waals surface area contributed by atoms with E-state index in [1.165, 1.54) is 0 Å². The number of rotatable bonds is 10. The highest BCUT2D eigenvalue weighted by Crippen LogP contribution is 2.35. The molecule has 6 heterocycles. The Kier molecular flexibility index (Phi) is 11.9. The molecule has 9 rings (SSSR count). The molecule has 4 N–H and O–H groups in total. The molecule has 6 aromatic rings. The van der Waals surface area contributed by atoms with Gasteiger partial charge in [-0.3, -0.25) is 28.8 Å². The van der Waals surface area contributed by atoms with E-state index < -0.39 is 11.8 Å². The number of carbonyl (C=O) groups is 6. The number of fused-ring (bicyclic) bond motifs is 3. The van der Waals surface area contributed by atoms with Crippen LogP contribution in [0.3, 0.4) is 0 Å². The van der Waals surface area contributed by atoms with Crippen molar-refractivity contribution in [1.82, 2.24) is 28.1 Å². The van der Waals surface area contributed by atoms with Gasteiger partial charge in [0.2, 0.25) is 0 Å². The topological polar surface area (TPSA) is 195 Å². The second-order valence-electron chi connectivity index (χ2n) is 16.8. The number of anilines is 4. The fourth-order valence-corrected chi connectivity index (χ4v) is 8.74. The molecule has 2 aromatic carbocycles. The molecule has 18 nitrogen and oxygen atoms in total. The predicted molar refractivity (Wildman–Crippen MR) is 246 cm³/mol. The second-order valence-corrected chi connectivity index (χ2v) is 16.8. The number of amides is 6. The van der Waals surface area contributed by atoms with Crippen molar-refractivity contribution >= 4 is 58.2 Å². The largest absolute Gasteiger partial charge is 0.378 e. The molecular weight excluding hydrogens is 845 g/mol. The maximum Gasteiger partial charge on any atom is 0.272 e. The Morgan fingerprint density at radius 3 is 1.11 bits per heavy atom. The third-order valence-electron chi connectivity index (χ3n) is 12.2. The van der Waals surface area contributed by atoms with Gasteiger partial charge in [0, 0.05) is 90.3 Å². The zero-order valence-electron chi connectivity index (χ0n) is 37.1. The van der Waals surface area contributed by atoms with Gasteiger partial charge in [0.25, 0.3) is 35.4 Å². The van der Waals surface area contributed by atoms with Gasteiger partial charge in [0.15, 0.2) is 0 Å². The van der Waals surface area contributed by atoms with Crippen molar-refractivity contribution in [2.75, 3.05) is 73.9 Å². The zero-order chi connectivity index (χ0) is 46.2. The van der Waals surface area contributed by atoms with Crippen LogP contribution in [0.15, 0.2) is 85.5 Å². The summed E-state index contributed by atoms with van der Waals surface area (Å²) in [6, 6.07) is 17.6. The number of ether oxygens (including phenoxy) is 2. The zero-order valence-corrected chi connectivity index (χ0v) is 37.1. The molecule has 2 aliphatic heterocycles. The molecule has 1 aliphatic carbocycles. The first-order valence-electron chi connectivity index (χ1n) is 21.7. The minimum absolute atomic E-state index is 0.129. The molecular formula is C48H50N10O8. The van der Waals surface area contributed by atoms with Crippen LogP contribution in [0.25, 0.3) is 11.1 Å². The number of hydrogen-bond acceptors (Lipinski definition) is 8. The van der Waals surface area contributed by atoms with Gasteiger partial charge in [0.1, 0.15) is 22.8 Å². The summed E-state index contributed by atoms with van der Waals surface area (Å²) in [5, 5.41) is 11.6. The van der Waals surface area contributed by atoms with E-state index >= 15 is 0 Å². The van der Waals surface area contributed by atoms with Crippen LogP contribution in [0.2, 0.25) is 0 Å². The van der Waals surface area contributed by atoms with E-state index in [1.54, 1.807) is 117 Å². The molecule has 0 atom stereocenters. The van der Waals surface area contributed by atoms with Gasteiger partial charge in [-0.15, -0.1) is 0 Å². The van der Waals surface area contributed by atoms with Crippen molar-refractivity contribution in [2.24, 2.45) is 28.2 Å². The number of morpholine rings is 2. The van der Waals surface area contributed by atoms with Crippen molar-refractivity contribution in [3.8, 4) is 11.1 Å². The molecule has 3 aliphatic rings. The monoisotopic (exact) mass is 894 g/mol. The summed E-state index contributed by atoms with van der Waals surface area (Å²) in [6.45, 7) is 4.00. The smallest absolute Gasteiger partial charge is 0.272 e. The van der Waals surface area contributed by atoms with Crippen LogP contribution in [-0.4, -0.2) is 116 Å². The maximum absolute atomic E-state index is 13.5.